The van der Waals surface area contributed by atoms with Crippen LogP contribution < -0.4 is 0 Å². The number of rotatable bonds is 4. The summed E-state index contributed by atoms with van der Waals surface area (Å²) in [5.74, 6) is -0.304. The highest BCUT2D eigenvalue weighted by molar-refractivity contribution is 5.96. The van der Waals surface area contributed by atoms with Crippen LogP contribution in [0.25, 0.3) is 0 Å². The molecule has 11 rings (SSSR count). The molecule has 3 saturated carbocycles. The molecule has 4 bridgehead atoms. The molecule has 12 heteroatoms. The van der Waals surface area contributed by atoms with E-state index in [-0.39, 0.29) is 29.8 Å². The first-order chi connectivity index (χ1) is 23.5. The Labute approximate surface area is 284 Å². The number of ether oxygens (including phenoxy) is 4. The van der Waals surface area contributed by atoms with Gasteiger partial charge in [0.25, 0.3) is 0 Å². The quantitative estimate of drug-likeness (QED) is 0.199. The third-order valence-corrected chi connectivity index (χ3v) is 16.9. The number of aliphatic hydroxyl groups is 5. The lowest BCUT2D eigenvalue weighted by Gasteiger charge is -2.61. The van der Waals surface area contributed by atoms with Crippen molar-refractivity contribution in [1.82, 2.24) is 4.90 Å². The molecule has 16 unspecified atom stereocenters. The van der Waals surface area contributed by atoms with Crippen LogP contribution in [0.3, 0.4) is 0 Å². The topological polar surface area (TPSA) is 175 Å². The molecule has 5 N–H and O–H groups in total. The first kappa shape index (κ1) is 30.8. The van der Waals surface area contributed by atoms with Crippen molar-refractivity contribution in [2.24, 2.45) is 57.2 Å². The Balaban J connectivity index is 1.06. The van der Waals surface area contributed by atoms with E-state index in [1.54, 1.807) is 0 Å². The number of piperidine rings is 1. The second kappa shape index (κ2) is 9.43. The summed E-state index contributed by atoms with van der Waals surface area (Å²) in [6, 6.07) is 0.356. The fourth-order valence-electron chi connectivity index (χ4n) is 15.3. The molecule has 266 valence electrons. The molecule has 0 aromatic carbocycles. The first-order valence-electron chi connectivity index (χ1n) is 18.7. The molecule has 49 heavy (non-hydrogen) atoms. The molecule has 19 atom stereocenters. The number of carbonyl (C=O) groups excluding carboxylic acids is 2. The summed E-state index contributed by atoms with van der Waals surface area (Å²) in [6.07, 6.45) is -2.82. The number of carbonyl (C=O) groups is 2. The fraction of sp³-hybridized carbons (Fsp3) is 0.838. The highest BCUT2D eigenvalue weighted by Crippen LogP contribution is 2.87. The molecule has 0 amide bonds. The maximum atomic E-state index is 15.3. The first-order valence-corrected chi connectivity index (χ1v) is 18.7. The summed E-state index contributed by atoms with van der Waals surface area (Å²) in [6.45, 7) is 5.76. The largest absolute Gasteiger partial charge is 0.457 e. The Bertz CT molecular complexity index is 1630. The summed E-state index contributed by atoms with van der Waals surface area (Å²) in [5, 5.41) is 52.4. The Morgan fingerprint density at radius 1 is 1.02 bits per heavy atom. The van der Waals surface area contributed by atoms with E-state index in [0.717, 1.165) is 51.6 Å². The molecular weight excluding hydrogens is 634 g/mol. The Kier molecular flexibility index (Phi) is 5.93. The minimum atomic E-state index is -1.63. The number of fused-ring (bicyclic) bond motifs is 4. The van der Waals surface area contributed by atoms with Gasteiger partial charge >= 0.3 is 5.97 Å². The molecule has 0 aromatic rings. The summed E-state index contributed by atoms with van der Waals surface area (Å²) in [7, 11) is 0. The average Bonchev–Trinajstić information content (AvgIpc) is 3.88. The molecule has 11 aliphatic rings. The second-order valence-corrected chi connectivity index (χ2v) is 17.8. The van der Waals surface area contributed by atoms with Crippen LogP contribution in [0.15, 0.2) is 22.8 Å². The number of esters is 1. The molecule has 0 radical (unpaired) electrons. The normalized spacial score (nSPS) is 60.3. The van der Waals surface area contributed by atoms with E-state index in [2.05, 4.69) is 18.7 Å². The Hall–Kier alpha value is -1.74. The lowest BCUT2D eigenvalue weighted by Crippen LogP contribution is -2.67. The SMILES string of the molecule is CC1CN2CC3CCC4=C5C6(CC[C@@]57C[C@@H]4C4OC(OC5OC(CO)C(O)C(O)C5O)C5C(CO)=CC8OC(=O)[C@]47C85)C(=O)C1CC2C36C. The lowest BCUT2D eigenvalue weighted by molar-refractivity contribution is -0.366. The zero-order chi connectivity index (χ0) is 33.7. The van der Waals surface area contributed by atoms with E-state index in [1.807, 2.05) is 6.08 Å². The van der Waals surface area contributed by atoms with E-state index < -0.39 is 83.9 Å². The maximum Gasteiger partial charge on any atom is 0.316 e. The molecule has 3 spiro atoms. The number of hydrogen-bond acceptors (Lipinski definition) is 12. The number of allylic oxidation sites excluding steroid dienone is 1. The number of ketones is 1. The highest BCUT2D eigenvalue weighted by atomic mass is 16.8. The van der Waals surface area contributed by atoms with Crippen LogP contribution >= 0.6 is 0 Å². The minimum Gasteiger partial charge on any atom is -0.457 e. The van der Waals surface area contributed by atoms with Crippen molar-refractivity contribution in [3.63, 3.8) is 0 Å². The molecule has 8 fully saturated rings. The standard InChI is InChI=1S/C37H47NO11/c1-14-10-38-11-16-3-4-17-19-9-35(5-6-36(28(17)35)29(44)18(14)8-22(38)34(16,36)2)37-24-20(47-33(37)45)7-15(12-39)23(24)31(48-30(19)37)49-32-27(43)26(42)25(41)21(13-40)46-32/h7,14,16,18-27,30-32,39-43H,3-6,8-13H2,1-2H3/t14?,16?,18?,19-,20?,21?,22?,23?,24?,25?,26?,27?,30?,31?,32?,34?,35+,36?,37-/m0/s1. The van der Waals surface area contributed by atoms with E-state index in [4.69, 9.17) is 18.9 Å². The molecule has 5 saturated heterocycles. The predicted molar refractivity (Wildman–Crippen MR) is 166 cm³/mol. The fourth-order valence-corrected chi connectivity index (χ4v) is 15.3. The van der Waals surface area contributed by atoms with E-state index >= 15 is 4.79 Å². The molecule has 12 nitrogen and oxygen atoms in total. The monoisotopic (exact) mass is 681 g/mol. The third-order valence-electron chi connectivity index (χ3n) is 16.9. The Morgan fingerprint density at radius 3 is 2.61 bits per heavy atom. The molecule has 5 heterocycles. The van der Waals surface area contributed by atoms with Gasteiger partial charge in [-0.05, 0) is 67.6 Å². The van der Waals surface area contributed by atoms with E-state index in [9.17, 15) is 30.3 Å². The number of Topliss-reactive ketones (excluding diaryl/α,β-unsaturated/α-hetero) is 1. The van der Waals surface area contributed by atoms with Crippen molar-refractivity contribution in [2.45, 2.75) is 108 Å². The van der Waals surface area contributed by atoms with Gasteiger partial charge in [0.15, 0.2) is 12.6 Å². The molecule has 0 aromatic heterocycles. The zero-order valence-electron chi connectivity index (χ0n) is 27.9. The van der Waals surface area contributed by atoms with Gasteiger partial charge in [0.1, 0.15) is 41.7 Å². The van der Waals surface area contributed by atoms with Gasteiger partial charge in [0.05, 0.1) is 24.7 Å². The van der Waals surface area contributed by atoms with Crippen molar-refractivity contribution in [2.75, 3.05) is 26.3 Å². The van der Waals surface area contributed by atoms with Gasteiger partial charge in [-0.25, -0.2) is 0 Å². The second-order valence-electron chi connectivity index (χ2n) is 17.8. The van der Waals surface area contributed by atoms with Crippen LogP contribution in [-0.2, 0) is 28.5 Å². The molecule has 5 aliphatic heterocycles. The molecular formula is C37H47NO11. The van der Waals surface area contributed by atoms with Gasteiger partial charge in [0.2, 0.25) is 0 Å². The molecule has 6 aliphatic carbocycles. The lowest BCUT2D eigenvalue weighted by atomic mass is 9.43. The average molecular weight is 682 g/mol. The third kappa shape index (κ3) is 3.02. The van der Waals surface area contributed by atoms with Gasteiger partial charge < -0.3 is 44.5 Å². The summed E-state index contributed by atoms with van der Waals surface area (Å²) in [5.41, 5.74) is 0.720. The Morgan fingerprint density at radius 2 is 1.84 bits per heavy atom. The van der Waals surface area contributed by atoms with Crippen LogP contribution in [0.5, 0.6) is 0 Å². The highest BCUT2D eigenvalue weighted by Gasteiger charge is 2.89. The minimum absolute atomic E-state index is 0.0200. The van der Waals surface area contributed by atoms with Crippen molar-refractivity contribution < 1.29 is 54.1 Å². The number of nitrogens with zero attached hydrogens (tertiary/aromatic N) is 1. The van der Waals surface area contributed by atoms with Crippen molar-refractivity contribution in [3.05, 3.63) is 22.8 Å². The van der Waals surface area contributed by atoms with Gasteiger partial charge in [-0.3, -0.25) is 14.5 Å². The van der Waals surface area contributed by atoms with Gasteiger partial charge in [-0.2, -0.15) is 0 Å². The number of hydrogen-bond donors (Lipinski definition) is 5. The van der Waals surface area contributed by atoms with Crippen molar-refractivity contribution in [3.8, 4) is 0 Å². The van der Waals surface area contributed by atoms with Gasteiger partial charge in [-0.1, -0.05) is 19.4 Å². The van der Waals surface area contributed by atoms with E-state index in [1.165, 1.54) is 11.1 Å². The zero-order valence-corrected chi connectivity index (χ0v) is 27.9. The van der Waals surface area contributed by atoms with E-state index in [0.29, 0.717) is 29.2 Å². The van der Waals surface area contributed by atoms with Crippen molar-refractivity contribution >= 4 is 11.8 Å². The van der Waals surface area contributed by atoms with Crippen LogP contribution in [-0.4, -0.2) is 124 Å². The van der Waals surface area contributed by atoms with Crippen LogP contribution in [0, 0.1) is 57.2 Å². The summed E-state index contributed by atoms with van der Waals surface area (Å²) in [4.78, 5) is 32.8. The van der Waals surface area contributed by atoms with Crippen LogP contribution in [0.4, 0.5) is 0 Å². The van der Waals surface area contributed by atoms with Gasteiger partial charge in [0, 0.05) is 53.6 Å². The van der Waals surface area contributed by atoms with Crippen LogP contribution in [0.1, 0.15) is 52.4 Å². The summed E-state index contributed by atoms with van der Waals surface area (Å²) < 4.78 is 25.5. The predicted octanol–water partition coefficient (Wildman–Crippen LogP) is 0.0402. The number of aliphatic hydroxyl groups excluding tert-OH is 5. The maximum absolute atomic E-state index is 15.3. The van der Waals surface area contributed by atoms with Crippen LogP contribution in [0.2, 0.25) is 0 Å². The summed E-state index contributed by atoms with van der Waals surface area (Å²) >= 11 is 0. The smallest absolute Gasteiger partial charge is 0.316 e. The van der Waals surface area contributed by atoms with Gasteiger partial charge in [-0.15, -0.1) is 0 Å². The van der Waals surface area contributed by atoms with Crippen molar-refractivity contribution in [1.29, 1.82) is 0 Å².